The van der Waals surface area contributed by atoms with Crippen LogP contribution in [0.2, 0.25) is 0 Å². The van der Waals surface area contributed by atoms with Crippen molar-refractivity contribution in [3.63, 3.8) is 0 Å². The van der Waals surface area contributed by atoms with Gasteiger partial charge in [-0.1, -0.05) is 5.16 Å². The molecular weight excluding hydrogens is 296 g/mol. The second-order valence-electron chi connectivity index (χ2n) is 6.57. The molecule has 0 radical (unpaired) electrons. The number of aromatic nitrogens is 1. The van der Waals surface area contributed by atoms with Crippen molar-refractivity contribution in [2.75, 3.05) is 19.6 Å². The van der Waals surface area contributed by atoms with Crippen LogP contribution in [-0.4, -0.2) is 53.6 Å². The number of likely N-dealkylation sites (tertiary alicyclic amines) is 1. The monoisotopic (exact) mass is 320 g/mol. The van der Waals surface area contributed by atoms with E-state index in [1.165, 1.54) is 0 Å². The molecule has 2 N–H and O–H groups in total. The maximum Gasteiger partial charge on any atom is 0.234 e. The van der Waals surface area contributed by atoms with Crippen LogP contribution in [0, 0.1) is 6.92 Å². The van der Waals surface area contributed by atoms with Crippen LogP contribution in [0.15, 0.2) is 10.6 Å². The minimum atomic E-state index is -0.0360. The molecule has 0 bridgehead atoms. The quantitative estimate of drug-likeness (QED) is 0.791. The minimum absolute atomic E-state index is 0.0360. The smallest absolute Gasteiger partial charge is 0.234 e. The summed E-state index contributed by atoms with van der Waals surface area (Å²) in [6.07, 6.45) is 4.20. The lowest BCUT2D eigenvalue weighted by molar-refractivity contribution is -0.124. The van der Waals surface area contributed by atoms with Gasteiger partial charge < -0.3 is 15.2 Å². The Morgan fingerprint density at radius 3 is 2.43 bits per heavy atom. The van der Waals surface area contributed by atoms with Crippen LogP contribution >= 0.6 is 0 Å². The van der Waals surface area contributed by atoms with Gasteiger partial charge >= 0.3 is 0 Å². The van der Waals surface area contributed by atoms with Gasteiger partial charge in [-0.3, -0.25) is 14.5 Å². The first-order valence-corrected chi connectivity index (χ1v) is 8.32. The van der Waals surface area contributed by atoms with Gasteiger partial charge in [-0.25, -0.2) is 0 Å². The molecule has 2 fully saturated rings. The third-order valence-corrected chi connectivity index (χ3v) is 4.27. The zero-order valence-corrected chi connectivity index (χ0v) is 13.5. The van der Waals surface area contributed by atoms with E-state index in [4.69, 9.17) is 4.52 Å². The molecule has 1 saturated heterocycles. The van der Waals surface area contributed by atoms with E-state index >= 15 is 0 Å². The number of nitrogens with one attached hydrogen (secondary N) is 2. The van der Waals surface area contributed by atoms with Crippen molar-refractivity contribution in [2.45, 2.75) is 51.1 Å². The lowest BCUT2D eigenvalue weighted by Crippen LogP contribution is -2.47. The maximum atomic E-state index is 12.0. The van der Waals surface area contributed by atoms with Crippen molar-refractivity contribution in [3.05, 3.63) is 17.5 Å². The molecule has 0 aromatic carbocycles. The highest BCUT2D eigenvalue weighted by Gasteiger charge is 2.26. The third-order valence-electron chi connectivity index (χ3n) is 4.27. The van der Waals surface area contributed by atoms with E-state index in [-0.39, 0.29) is 24.3 Å². The maximum absolute atomic E-state index is 12.0. The zero-order chi connectivity index (χ0) is 16.2. The van der Waals surface area contributed by atoms with E-state index in [2.05, 4.69) is 20.7 Å². The Hall–Kier alpha value is -1.89. The highest BCUT2D eigenvalue weighted by molar-refractivity contribution is 5.79. The molecule has 2 heterocycles. The van der Waals surface area contributed by atoms with Crippen LogP contribution in [-0.2, 0) is 16.0 Å². The van der Waals surface area contributed by atoms with E-state index in [1.54, 1.807) is 6.07 Å². The Morgan fingerprint density at radius 2 is 1.83 bits per heavy atom. The first kappa shape index (κ1) is 16.0. The SMILES string of the molecule is Cc1cc(CC(=O)NC2CCN(CC(=O)NC3CC3)CC2)on1. The van der Waals surface area contributed by atoms with Crippen molar-refractivity contribution >= 4 is 11.8 Å². The normalized spacial score (nSPS) is 19.5. The number of carbonyl (C=O) groups excluding carboxylic acids is 2. The molecule has 2 amide bonds. The van der Waals surface area contributed by atoms with E-state index in [1.807, 2.05) is 6.92 Å². The molecule has 1 aliphatic heterocycles. The molecule has 0 atom stereocenters. The summed E-state index contributed by atoms with van der Waals surface area (Å²) in [6, 6.07) is 2.37. The van der Waals surface area contributed by atoms with Crippen LogP contribution in [0.25, 0.3) is 0 Å². The van der Waals surface area contributed by atoms with Crippen molar-refractivity contribution in [3.8, 4) is 0 Å². The summed E-state index contributed by atoms with van der Waals surface area (Å²) in [5.74, 6) is 0.677. The fraction of sp³-hybridized carbons (Fsp3) is 0.688. The average Bonchev–Trinajstić information content (AvgIpc) is 3.22. The van der Waals surface area contributed by atoms with Crippen molar-refractivity contribution in [2.24, 2.45) is 0 Å². The van der Waals surface area contributed by atoms with Crippen molar-refractivity contribution in [1.82, 2.24) is 20.7 Å². The summed E-state index contributed by atoms with van der Waals surface area (Å²) < 4.78 is 5.06. The van der Waals surface area contributed by atoms with Crippen LogP contribution < -0.4 is 10.6 Å². The topological polar surface area (TPSA) is 87.5 Å². The summed E-state index contributed by atoms with van der Waals surface area (Å²) in [5, 5.41) is 9.83. The largest absolute Gasteiger partial charge is 0.361 e. The number of hydrogen-bond donors (Lipinski definition) is 2. The number of piperidine rings is 1. The van der Waals surface area contributed by atoms with Crippen molar-refractivity contribution < 1.29 is 14.1 Å². The Labute approximate surface area is 135 Å². The number of rotatable bonds is 6. The Morgan fingerprint density at radius 1 is 1.17 bits per heavy atom. The second kappa shape index (κ2) is 7.12. The van der Waals surface area contributed by atoms with Crippen molar-refractivity contribution in [1.29, 1.82) is 0 Å². The van der Waals surface area contributed by atoms with Gasteiger partial charge in [0.15, 0.2) is 0 Å². The van der Waals surface area contributed by atoms with E-state index in [0.29, 0.717) is 18.3 Å². The summed E-state index contributed by atoms with van der Waals surface area (Å²) in [4.78, 5) is 25.9. The van der Waals surface area contributed by atoms with Gasteiger partial charge in [0.1, 0.15) is 5.76 Å². The van der Waals surface area contributed by atoms with Gasteiger partial charge in [0.25, 0.3) is 0 Å². The van der Waals surface area contributed by atoms with Crippen LogP contribution in [0.5, 0.6) is 0 Å². The molecule has 0 spiro atoms. The predicted molar refractivity (Wildman–Crippen MR) is 83.7 cm³/mol. The first-order chi connectivity index (χ1) is 11.1. The molecule has 2 aliphatic rings. The molecule has 1 aliphatic carbocycles. The number of nitrogens with zero attached hydrogens (tertiary/aromatic N) is 2. The highest BCUT2D eigenvalue weighted by Crippen LogP contribution is 2.18. The minimum Gasteiger partial charge on any atom is -0.361 e. The van der Waals surface area contributed by atoms with Gasteiger partial charge in [0, 0.05) is 31.2 Å². The highest BCUT2D eigenvalue weighted by atomic mass is 16.5. The Kier molecular flexibility index (Phi) is 4.95. The number of hydrogen-bond acceptors (Lipinski definition) is 5. The molecule has 126 valence electrons. The van der Waals surface area contributed by atoms with Gasteiger partial charge in [-0.05, 0) is 32.6 Å². The van der Waals surface area contributed by atoms with E-state index in [9.17, 15) is 9.59 Å². The van der Waals surface area contributed by atoms with E-state index in [0.717, 1.165) is 44.5 Å². The number of aryl methyl sites for hydroxylation is 1. The Balaban J connectivity index is 1.35. The summed E-state index contributed by atoms with van der Waals surface area (Å²) in [6.45, 7) is 3.98. The molecule has 1 aromatic heterocycles. The molecule has 1 saturated carbocycles. The summed E-state index contributed by atoms with van der Waals surface area (Å²) >= 11 is 0. The molecule has 7 nitrogen and oxygen atoms in total. The third kappa shape index (κ3) is 5.06. The zero-order valence-electron chi connectivity index (χ0n) is 13.5. The molecule has 3 rings (SSSR count). The fourth-order valence-corrected chi connectivity index (χ4v) is 2.88. The molecule has 1 aromatic rings. The van der Waals surface area contributed by atoms with Crippen LogP contribution in [0.1, 0.15) is 37.1 Å². The van der Waals surface area contributed by atoms with Gasteiger partial charge in [0.05, 0.1) is 18.7 Å². The van der Waals surface area contributed by atoms with Gasteiger partial charge in [0.2, 0.25) is 11.8 Å². The van der Waals surface area contributed by atoms with E-state index < -0.39 is 0 Å². The standard InChI is InChI=1S/C16H24N4O3/c1-11-8-14(23-19-11)9-15(21)17-13-4-6-20(7-5-13)10-16(22)18-12-2-3-12/h8,12-13H,2-7,9-10H2,1H3,(H,17,21)(H,18,22). The summed E-state index contributed by atoms with van der Waals surface area (Å²) in [5.41, 5.74) is 0.783. The number of carbonyl (C=O) groups is 2. The van der Waals surface area contributed by atoms with Crippen LogP contribution in [0.3, 0.4) is 0 Å². The van der Waals surface area contributed by atoms with Crippen LogP contribution in [0.4, 0.5) is 0 Å². The fourth-order valence-electron chi connectivity index (χ4n) is 2.88. The molecule has 0 unspecified atom stereocenters. The van der Waals surface area contributed by atoms with Gasteiger partial charge in [-0.2, -0.15) is 0 Å². The lowest BCUT2D eigenvalue weighted by Gasteiger charge is -2.31. The number of amides is 2. The lowest BCUT2D eigenvalue weighted by atomic mass is 10.0. The predicted octanol–water partition coefficient (Wildman–Crippen LogP) is 0.385. The molecular formula is C16H24N4O3. The summed E-state index contributed by atoms with van der Waals surface area (Å²) in [7, 11) is 0. The average molecular weight is 320 g/mol. The second-order valence-corrected chi connectivity index (χ2v) is 6.57. The van der Waals surface area contributed by atoms with Gasteiger partial charge in [-0.15, -0.1) is 0 Å². The first-order valence-electron chi connectivity index (χ1n) is 8.32. The molecule has 23 heavy (non-hydrogen) atoms. The Bertz CT molecular complexity index is 559. The molecule has 7 heteroatoms.